The molecule has 1 aliphatic heterocycles. The molecule has 1 amide bonds. The number of hydrogen-bond donors (Lipinski definition) is 4. The second-order valence-corrected chi connectivity index (χ2v) is 7.24. The van der Waals surface area contributed by atoms with Crippen LogP contribution < -0.4 is 15.5 Å². The minimum absolute atomic E-state index is 0.174. The Labute approximate surface area is 158 Å². The number of aliphatic hydroxyl groups excluding tert-OH is 2. The average molecular weight is 379 g/mol. The second kappa shape index (κ2) is 7.87. The van der Waals surface area contributed by atoms with Gasteiger partial charge in [0, 0.05) is 19.3 Å². The van der Waals surface area contributed by atoms with Crippen LogP contribution in [0.4, 0.5) is 5.69 Å². The summed E-state index contributed by atoms with van der Waals surface area (Å²) in [5.41, 5.74) is 1.98. The molecule has 0 unspecified atom stereocenters. The maximum Gasteiger partial charge on any atom is 0.225 e. The van der Waals surface area contributed by atoms with Crippen molar-refractivity contribution in [2.24, 2.45) is 5.92 Å². The van der Waals surface area contributed by atoms with Crippen molar-refractivity contribution in [2.45, 2.75) is 37.6 Å². The van der Waals surface area contributed by atoms with Crippen molar-refractivity contribution >= 4 is 28.9 Å². The lowest BCUT2D eigenvalue weighted by molar-refractivity contribution is -0.131. The Morgan fingerprint density at radius 3 is 2.73 bits per heavy atom. The van der Waals surface area contributed by atoms with Crippen LogP contribution in [0, 0.1) is 12.8 Å². The van der Waals surface area contributed by atoms with Gasteiger partial charge in [0.15, 0.2) is 5.11 Å². The van der Waals surface area contributed by atoms with Crippen LogP contribution in [0.3, 0.4) is 0 Å². The molecule has 8 heteroatoms. The number of hydrogen-bond acceptors (Lipinski definition) is 5. The first-order chi connectivity index (χ1) is 12.4. The largest absolute Gasteiger partial charge is 0.390 e. The zero-order chi connectivity index (χ0) is 18.8. The van der Waals surface area contributed by atoms with Crippen LogP contribution >= 0.6 is 12.2 Å². The highest BCUT2D eigenvalue weighted by Gasteiger charge is 2.53. The maximum absolute atomic E-state index is 12.7. The Morgan fingerprint density at radius 1 is 1.38 bits per heavy atom. The van der Waals surface area contributed by atoms with Gasteiger partial charge in [-0.15, -0.1) is 0 Å². The Kier molecular flexibility index (Phi) is 5.76. The zero-order valence-corrected chi connectivity index (χ0v) is 15.7. The number of rotatable bonds is 5. The van der Waals surface area contributed by atoms with Gasteiger partial charge in [-0.25, -0.2) is 0 Å². The van der Waals surface area contributed by atoms with Crippen molar-refractivity contribution in [3.63, 3.8) is 0 Å². The molecule has 26 heavy (non-hydrogen) atoms. The molecule has 4 N–H and O–H groups in total. The molecule has 0 spiro atoms. The monoisotopic (exact) mass is 379 g/mol. The summed E-state index contributed by atoms with van der Waals surface area (Å²) in [5.74, 6) is -0.684. The summed E-state index contributed by atoms with van der Waals surface area (Å²) in [6, 6.07) is 6.98. The molecule has 1 saturated heterocycles. The molecule has 142 valence electrons. The number of anilines is 1. The number of aliphatic hydroxyl groups is 2. The van der Waals surface area contributed by atoms with Crippen molar-refractivity contribution in [3.8, 4) is 0 Å². The van der Waals surface area contributed by atoms with E-state index < -0.39 is 24.2 Å². The first-order valence-electron chi connectivity index (χ1n) is 8.73. The number of thiocarbonyl (C=S) groups is 1. The van der Waals surface area contributed by atoms with Crippen molar-refractivity contribution in [1.82, 2.24) is 10.6 Å². The van der Waals surface area contributed by atoms with E-state index in [1.165, 1.54) is 0 Å². The van der Waals surface area contributed by atoms with E-state index in [-0.39, 0.29) is 18.4 Å². The highest BCUT2D eigenvalue weighted by molar-refractivity contribution is 7.80. The summed E-state index contributed by atoms with van der Waals surface area (Å²) >= 11 is 5.48. The van der Waals surface area contributed by atoms with Crippen molar-refractivity contribution < 1.29 is 19.7 Å². The molecule has 2 aliphatic rings. The average Bonchev–Trinajstić information content (AvgIpc) is 2.96. The SMILES string of the molecule is COCCNC(=O)[C@@H]1C[C@@H](O)[C@H](O)[C@@H]2NC(=S)N(c3ccc(C)cc3)[C@H]21. The molecular formula is C18H25N3O4S. The number of methoxy groups -OCH3 is 1. The van der Waals surface area contributed by atoms with Gasteiger partial charge in [-0.3, -0.25) is 4.79 Å². The van der Waals surface area contributed by atoms with Crippen LogP contribution in [0.2, 0.25) is 0 Å². The molecule has 1 aliphatic carbocycles. The zero-order valence-electron chi connectivity index (χ0n) is 14.9. The summed E-state index contributed by atoms with van der Waals surface area (Å²) in [4.78, 5) is 14.6. The van der Waals surface area contributed by atoms with Gasteiger partial charge in [-0.05, 0) is 37.7 Å². The molecular weight excluding hydrogens is 354 g/mol. The number of ether oxygens (including phenoxy) is 1. The summed E-state index contributed by atoms with van der Waals surface area (Å²) in [5, 5.41) is 27.1. The minimum Gasteiger partial charge on any atom is -0.390 e. The number of nitrogens with one attached hydrogen (secondary N) is 2. The van der Waals surface area contributed by atoms with E-state index in [4.69, 9.17) is 17.0 Å². The molecule has 1 aromatic rings. The Balaban J connectivity index is 1.90. The first-order valence-corrected chi connectivity index (χ1v) is 9.14. The van der Waals surface area contributed by atoms with Crippen LogP contribution in [0.25, 0.3) is 0 Å². The van der Waals surface area contributed by atoms with Gasteiger partial charge in [0.1, 0.15) is 6.10 Å². The Bertz CT molecular complexity index is 669. The number of benzene rings is 1. The smallest absolute Gasteiger partial charge is 0.225 e. The number of amides is 1. The fraction of sp³-hybridized carbons (Fsp3) is 0.556. The third-order valence-electron chi connectivity index (χ3n) is 5.10. The van der Waals surface area contributed by atoms with Gasteiger partial charge in [-0.1, -0.05) is 17.7 Å². The van der Waals surface area contributed by atoms with Crippen LogP contribution in [0.5, 0.6) is 0 Å². The Hall–Kier alpha value is -1.74. The van der Waals surface area contributed by atoms with Crippen molar-refractivity contribution in [3.05, 3.63) is 29.8 Å². The molecule has 1 heterocycles. The maximum atomic E-state index is 12.7. The topological polar surface area (TPSA) is 94.1 Å². The van der Waals surface area contributed by atoms with E-state index in [9.17, 15) is 15.0 Å². The van der Waals surface area contributed by atoms with Crippen LogP contribution in [0.1, 0.15) is 12.0 Å². The van der Waals surface area contributed by atoms with E-state index in [1.807, 2.05) is 36.1 Å². The highest BCUT2D eigenvalue weighted by Crippen LogP contribution is 2.36. The lowest BCUT2D eigenvalue weighted by Crippen LogP contribution is -2.61. The second-order valence-electron chi connectivity index (χ2n) is 6.86. The summed E-state index contributed by atoms with van der Waals surface area (Å²) in [7, 11) is 1.57. The minimum atomic E-state index is -0.989. The highest BCUT2D eigenvalue weighted by atomic mass is 32.1. The molecule has 3 rings (SSSR count). The summed E-state index contributed by atoms with van der Waals surface area (Å²) in [6.45, 7) is 2.81. The first kappa shape index (κ1) is 19.0. The number of aryl methyl sites for hydroxylation is 1. The fourth-order valence-corrected chi connectivity index (χ4v) is 4.12. The van der Waals surface area contributed by atoms with Crippen LogP contribution in [-0.2, 0) is 9.53 Å². The van der Waals surface area contributed by atoms with Crippen LogP contribution in [0.15, 0.2) is 24.3 Å². The predicted octanol–water partition coefficient (Wildman–Crippen LogP) is -0.0690. The van der Waals surface area contributed by atoms with Gasteiger partial charge >= 0.3 is 0 Å². The molecule has 2 fully saturated rings. The number of carbonyl (C=O) groups is 1. The van der Waals surface area contributed by atoms with Gasteiger partial charge in [0.05, 0.1) is 30.7 Å². The number of fused-ring (bicyclic) bond motifs is 1. The molecule has 0 aromatic heterocycles. The summed E-state index contributed by atoms with van der Waals surface area (Å²) < 4.78 is 4.98. The molecule has 1 aromatic carbocycles. The lowest BCUT2D eigenvalue weighted by Gasteiger charge is -2.41. The molecule has 0 bridgehead atoms. The third kappa shape index (κ3) is 3.55. The lowest BCUT2D eigenvalue weighted by atomic mass is 9.77. The van der Waals surface area contributed by atoms with Gasteiger partial charge < -0.3 is 30.5 Å². The van der Waals surface area contributed by atoms with Gasteiger partial charge in [-0.2, -0.15) is 0 Å². The fourth-order valence-electron chi connectivity index (χ4n) is 3.75. The van der Waals surface area contributed by atoms with E-state index in [0.717, 1.165) is 11.3 Å². The predicted molar refractivity (Wildman–Crippen MR) is 102 cm³/mol. The molecule has 7 nitrogen and oxygen atoms in total. The molecule has 0 radical (unpaired) electrons. The van der Waals surface area contributed by atoms with E-state index in [1.54, 1.807) is 7.11 Å². The van der Waals surface area contributed by atoms with Crippen LogP contribution in [-0.4, -0.2) is 65.8 Å². The van der Waals surface area contributed by atoms with E-state index in [2.05, 4.69) is 10.6 Å². The Morgan fingerprint density at radius 2 is 2.08 bits per heavy atom. The van der Waals surface area contributed by atoms with Crippen molar-refractivity contribution in [2.75, 3.05) is 25.2 Å². The van der Waals surface area contributed by atoms with E-state index >= 15 is 0 Å². The normalized spacial score (nSPS) is 30.7. The number of carbonyl (C=O) groups excluding carboxylic acids is 1. The molecule has 1 saturated carbocycles. The summed E-state index contributed by atoms with van der Waals surface area (Å²) in [6.07, 6.45) is -1.80. The van der Waals surface area contributed by atoms with Crippen molar-refractivity contribution in [1.29, 1.82) is 0 Å². The van der Waals surface area contributed by atoms with Gasteiger partial charge in [0.2, 0.25) is 5.91 Å². The van der Waals surface area contributed by atoms with Gasteiger partial charge in [0.25, 0.3) is 0 Å². The quantitative estimate of drug-likeness (QED) is 0.420. The molecule has 5 atom stereocenters. The third-order valence-corrected chi connectivity index (χ3v) is 5.41. The van der Waals surface area contributed by atoms with E-state index in [0.29, 0.717) is 18.3 Å². The standard InChI is InChI=1S/C18H25N3O4S/c1-10-3-5-11(6-4-10)21-15-12(17(24)19-7-8-25-2)9-13(22)16(23)14(15)20-18(21)26/h3-6,12-16,22-23H,7-9H2,1-2H3,(H,19,24)(H,20,26)/t12-,13-,14-,15+,16+/m1/s1. The number of nitrogens with zero attached hydrogens (tertiary/aromatic N) is 1.